The summed E-state index contributed by atoms with van der Waals surface area (Å²) < 4.78 is 2.23. The number of nitrogens with two attached hydrogens (primary N) is 1. The molecule has 108 valence electrons. The highest BCUT2D eigenvalue weighted by molar-refractivity contribution is 6.05. The van der Waals surface area contributed by atoms with Crippen molar-refractivity contribution in [3.63, 3.8) is 0 Å². The molecule has 0 fully saturated rings. The molecule has 20 heavy (non-hydrogen) atoms. The Labute approximate surface area is 119 Å². The number of aryl methyl sites for hydroxylation is 2. The van der Waals surface area contributed by atoms with Crippen molar-refractivity contribution in [1.29, 1.82) is 0 Å². The topological polar surface area (TPSA) is 68.2 Å². The van der Waals surface area contributed by atoms with Crippen LogP contribution in [0.4, 0.5) is 0 Å². The third-order valence-electron chi connectivity index (χ3n) is 3.79. The Morgan fingerprint density at radius 2 is 2.15 bits per heavy atom. The summed E-state index contributed by atoms with van der Waals surface area (Å²) in [6.07, 6.45) is 2.73. The summed E-state index contributed by atoms with van der Waals surface area (Å²) in [4.78, 5) is 11.5. The monoisotopic (exact) mass is 274 g/mol. The number of benzene rings is 1. The lowest BCUT2D eigenvalue weighted by Gasteiger charge is -2.06. The van der Waals surface area contributed by atoms with Gasteiger partial charge in [-0.3, -0.25) is 0 Å². The fourth-order valence-electron chi connectivity index (χ4n) is 2.88. The minimum Gasteiger partial charge on any atom is -0.478 e. The largest absolute Gasteiger partial charge is 0.478 e. The van der Waals surface area contributed by atoms with E-state index in [9.17, 15) is 9.90 Å². The van der Waals surface area contributed by atoms with Crippen LogP contribution in [0.2, 0.25) is 0 Å². The summed E-state index contributed by atoms with van der Waals surface area (Å²) in [5, 5.41) is 10.3. The maximum atomic E-state index is 11.5. The van der Waals surface area contributed by atoms with Gasteiger partial charge in [-0.25, -0.2) is 4.79 Å². The van der Waals surface area contributed by atoms with Gasteiger partial charge in [-0.05, 0) is 50.4 Å². The van der Waals surface area contributed by atoms with E-state index < -0.39 is 5.97 Å². The van der Waals surface area contributed by atoms with Crippen molar-refractivity contribution in [1.82, 2.24) is 4.57 Å². The first kappa shape index (κ1) is 14.6. The van der Waals surface area contributed by atoms with Crippen LogP contribution in [0.3, 0.4) is 0 Å². The zero-order valence-corrected chi connectivity index (χ0v) is 12.1. The van der Waals surface area contributed by atoms with Gasteiger partial charge in [0.2, 0.25) is 0 Å². The Morgan fingerprint density at radius 3 is 2.75 bits per heavy atom. The number of rotatable bonds is 6. The Bertz CT molecular complexity index is 629. The van der Waals surface area contributed by atoms with Crippen LogP contribution in [0.15, 0.2) is 18.2 Å². The van der Waals surface area contributed by atoms with Gasteiger partial charge in [0.15, 0.2) is 0 Å². The summed E-state index contributed by atoms with van der Waals surface area (Å²) >= 11 is 0. The number of carbonyl (C=O) groups is 1. The molecule has 1 heterocycles. The van der Waals surface area contributed by atoms with Crippen LogP contribution in [0.25, 0.3) is 10.9 Å². The van der Waals surface area contributed by atoms with E-state index >= 15 is 0 Å². The molecule has 0 aliphatic rings. The van der Waals surface area contributed by atoms with Gasteiger partial charge in [0.25, 0.3) is 0 Å². The molecule has 0 saturated heterocycles. The minimum absolute atomic E-state index is 0.396. The Hall–Kier alpha value is -1.81. The predicted molar refractivity (Wildman–Crippen MR) is 81.3 cm³/mol. The molecule has 4 heteroatoms. The summed E-state index contributed by atoms with van der Waals surface area (Å²) in [6.45, 7) is 5.74. The van der Waals surface area contributed by atoms with Crippen molar-refractivity contribution in [2.75, 3.05) is 6.54 Å². The third-order valence-corrected chi connectivity index (χ3v) is 3.79. The average Bonchev–Trinajstić information content (AvgIpc) is 2.70. The van der Waals surface area contributed by atoms with Gasteiger partial charge >= 0.3 is 5.97 Å². The fourth-order valence-corrected chi connectivity index (χ4v) is 2.88. The number of carboxylic acids is 1. The molecular weight excluding hydrogens is 252 g/mol. The maximum absolute atomic E-state index is 11.5. The van der Waals surface area contributed by atoms with Crippen molar-refractivity contribution < 1.29 is 9.90 Å². The zero-order chi connectivity index (χ0) is 14.7. The van der Waals surface area contributed by atoms with Crippen molar-refractivity contribution in [3.8, 4) is 0 Å². The molecule has 0 spiro atoms. The summed E-state index contributed by atoms with van der Waals surface area (Å²) in [5.41, 5.74) is 9.34. The van der Waals surface area contributed by atoms with Crippen LogP contribution in [-0.4, -0.2) is 22.2 Å². The summed E-state index contributed by atoms with van der Waals surface area (Å²) in [5.74, 6) is -0.863. The molecule has 3 N–H and O–H groups in total. The average molecular weight is 274 g/mol. The molecule has 2 rings (SSSR count). The zero-order valence-electron chi connectivity index (χ0n) is 12.1. The van der Waals surface area contributed by atoms with E-state index in [0.29, 0.717) is 12.1 Å². The van der Waals surface area contributed by atoms with Crippen molar-refractivity contribution in [2.45, 2.75) is 39.7 Å². The van der Waals surface area contributed by atoms with Gasteiger partial charge in [-0.1, -0.05) is 13.0 Å². The molecule has 0 aliphatic heterocycles. The molecular formula is C16H22N2O2. The quantitative estimate of drug-likeness (QED) is 0.851. The second kappa shape index (κ2) is 6.09. The second-order valence-electron chi connectivity index (χ2n) is 5.11. The highest BCUT2D eigenvalue weighted by Gasteiger charge is 2.18. The van der Waals surface area contributed by atoms with E-state index in [1.807, 2.05) is 12.1 Å². The molecule has 0 unspecified atom stereocenters. The van der Waals surface area contributed by atoms with Crippen LogP contribution < -0.4 is 5.73 Å². The number of aromatic carboxylic acids is 1. The first-order chi connectivity index (χ1) is 9.61. The fraction of sp³-hybridized carbons (Fsp3) is 0.438. The SMILES string of the molecule is CCCn1c(C)c(CCCN)c2c(C(=O)O)cccc21. The van der Waals surface area contributed by atoms with Gasteiger partial charge < -0.3 is 15.4 Å². The van der Waals surface area contributed by atoms with Crippen LogP contribution in [-0.2, 0) is 13.0 Å². The normalized spacial score (nSPS) is 11.2. The van der Waals surface area contributed by atoms with Gasteiger partial charge in [-0.15, -0.1) is 0 Å². The third kappa shape index (κ3) is 2.43. The molecule has 0 saturated carbocycles. The molecule has 0 amide bonds. The lowest BCUT2D eigenvalue weighted by Crippen LogP contribution is -2.03. The Balaban J connectivity index is 2.73. The van der Waals surface area contributed by atoms with E-state index in [1.165, 1.54) is 5.69 Å². The van der Waals surface area contributed by atoms with Crippen LogP contribution in [0, 0.1) is 6.92 Å². The maximum Gasteiger partial charge on any atom is 0.336 e. The molecule has 1 aromatic heterocycles. The smallest absolute Gasteiger partial charge is 0.336 e. The highest BCUT2D eigenvalue weighted by Crippen LogP contribution is 2.30. The van der Waals surface area contributed by atoms with Crippen molar-refractivity contribution >= 4 is 16.9 Å². The van der Waals surface area contributed by atoms with Gasteiger partial charge in [0, 0.05) is 23.1 Å². The number of aromatic nitrogens is 1. The van der Waals surface area contributed by atoms with Crippen LogP contribution in [0.1, 0.15) is 41.4 Å². The van der Waals surface area contributed by atoms with Crippen molar-refractivity contribution in [3.05, 3.63) is 35.0 Å². The van der Waals surface area contributed by atoms with Crippen LogP contribution in [0.5, 0.6) is 0 Å². The molecule has 0 aliphatic carbocycles. The summed E-state index contributed by atoms with van der Waals surface area (Å²) in [7, 11) is 0. The Kier molecular flexibility index (Phi) is 4.45. The number of hydrogen-bond donors (Lipinski definition) is 2. The number of nitrogens with zero attached hydrogens (tertiary/aromatic N) is 1. The van der Waals surface area contributed by atoms with Gasteiger partial charge in [0.05, 0.1) is 5.56 Å². The lowest BCUT2D eigenvalue weighted by molar-refractivity contribution is 0.0699. The van der Waals surface area contributed by atoms with Crippen molar-refractivity contribution in [2.24, 2.45) is 5.73 Å². The Morgan fingerprint density at radius 1 is 1.40 bits per heavy atom. The number of hydrogen-bond acceptors (Lipinski definition) is 2. The lowest BCUT2D eigenvalue weighted by atomic mass is 10.0. The van der Waals surface area contributed by atoms with Gasteiger partial charge in [0.1, 0.15) is 0 Å². The molecule has 0 atom stereocenters. The van der Waals surface area contributed by atoms with Crippen LogP contribution >= 0.6 is 0 Å². The van der Waals surface area contributed by atoms with E-state index in [0.717, 1.165) is 42.3 Å². The molecule has 1 aromatic carbocycles. The first-order valence-corrected chi connectivity index (χ1v) is 7.15. The molecule has 0 radical (unpaired) electrons. The highest BCUT2D eigenvalue weighted by atomic mass is 16.4. The number of fused-ring (bicyclic) bond motifs is 1. The predicted octanol–water partition coefficient (Wildman–Crippen LogP) is 2.95. The minimum atomic E-state index is -0.863. The molecule has 2 aromatic rings. The second-order valence-corrected chi connectivity index (χ2v) is 5.11. The van der Waals surface area contributed by atoms with E-state index in [-0.39, 0.29) is 0 Å². The van der Waals surface area contributed by atoms with E-state index in [4.69, 9.17) is 5.73 Å². The van der Waals surface area contributed by atoms with Gasteiger partial charge in [-0.2, -0.15) is 0 Å². The molecule has 0 bridgehead atoms. The molecule has 4 nitrogen and oxygen atoms in total. The first-order valence-electron chi connectivity index (χ1n) is 7.15. The summed E-state index contributed by atoms with van der Waals surface area (Å²) in [6, 6.07) is 5.52. The van der Waals surface area contributed by atoms with E-state index in [2.05, 4.69) is 18.4 Å². The standard InChI is InChI=1S/C16H22N2O2/c1-3-10-18-11(2)12(7-5-9-17)15-13(16(19)20)6-4-8-14(15)18/h4,6,8H,3,5,7,9-10,17H2,1-2H3,(H,19,20). The van der Waals surface area contributed by atoms with E-state index in [1.54, 1.807) is 6.07 Å². The number of carboxylic acid groups (broad SMARTS) is 1.